The van der Waals surface area contributed by atoms with Crippen molar-refractivity contribution in [3.8, 4) is 0 Å². The van der Waals surface area contributed by atoms with Crippen molar-refractivity contribution < 1.29 is 19.1 Å². The topological polar surface area (TPSA) is 87.5 Å². The van der Waals surface area contributed by atoms with Gasteiger partial charge in [0.2, 0.25) is 6.10 Å². The first-order valence-electron chi connectivity index (χ1n) is 9.38. The third-order valence-electron chi connectivity index (χ3n) is 4.62. The second-order valence-corrected chi connectivity index (χ2v) is 6.82. The number of hydrogen-bond acceptors (Lipinski definition) is 6. The van der Waals surface area contributed by atoms with Crippen LogP contribution in [-0.4, -0.2) is 33.7 Å². The van der Waals surface area contributed by atoms with E-state index in [4.69, 9.17) is 9.47 Å². The second kappa shape index (κ2) is 8.33. The van der Waals surface area contributed by atoms with Crippen molar-refractivity contribution in [3.05, 3.63) is 40.3 Å². The van der Waals surface area contributed by atoms with Crippen molar-refractivity contribution in [2.75, 3.05) is 0 Å². The van der Waals surface area contributed by atoms with Crippen molar-refractivity contribution in [3.63, 3.8) is 0 Å². The summed E-state index contributed by atoms with van der Waals surface area (Å²) in [5.74, 6) is -1.04. The van der Waals surface area contributed by atoms with E-state index in [2.05, 4.69) is 11.9 Å². The fourth-order valence-corrected chi connectivity index (χ4v) is 3.20. The molecular weight excluding hydrogens is 348 g/mol. The Balaban J connectivity index is 1.74. The zero-order chi connectivity index (χ0) is 19.4. The molecule has 1 aromatic heterocycles. The minimum Gasteiger partial charge on any atom is -0.460 e. The monoisotopic (exact) mass is 372 g/mol. The molecule has 0 spiro atoms. The number of carbonyl (C=O) groups is 2. The van der Waals surface area contributed by atoms with Crippen molar-refractivity contribution in [2.24, 2.45) is 0 Å². The number of benzene rings is 1. The number of nitrogens with zero attached hydrogens (tertiary/aromatic N) is 2. The lowest BCUT2D eigenvalue weighted by molar-refractivity contribution is -0.160. The predicted octanol–water partition coefficient (Wildman–Crippen LogP) is 2.38. The number of unbranched alkanes of at least 4 members (excludes halogenated alkanes) is 1. The van der Waals surface area contributed by atoms with Gasteiger partial charge in [-0.3, -0.25) is 9.59 Å². The Kier molecular flexibility index (Phi) is 5.88. The van der Waals surface area contributed by atoms with Gasteiger partial charge in [-0.2, -0.15) is 0 Å². The second-order valence-electron chi connectivity index (χ2n) is 6.82. The molecule has 0 saturated carbocycles. The SMILES string of the molecule is CCCCn1c(=O)c(CCC(=O)O[C@H]2C[C@@H](C)OC2=O)nc2ccccc21. The first-order valence-corrected chi connectivity index (χ1v) is 9.38. The van der Waals surface area contributed by atoms with E-state index in [0.717, 1.165) is 23.9 Å². The van der Waals surface area contributed by atoms with Gasteiger partial charge in [0.05, 0.1) is 17.5 Å². The Bertz CT molecular complexity index is 905. The van der Waals surface area contributed by atoms with Gasteiger partial charge in [-0.1, -0.05) is 25.5 Å². The summed E-state index contributed by atoms with van der Waals surface area (Å²) in [6.45, 7) is 4.44. The van der Waals surface area contributed by atoms with Crippen molar-refractivity contribution in [2.45, 2.75) is 64.7 Å². The maximum absolute atomic E-state index is 12.8. The third kappa shape index (κ3) is 4.35. The fourth-order valence-electron chi connectivity index (χ4n) is 3.20. The zero-order valence-corrected chi connectivity index (χ0v) is 15.6. The summed E-state index contributed by atoms with van der Waals surface area (Å²) >= 11 is 0. The molecule has 1 aromatic carbocycles. The molecule has 0 bridgehead atoms. The summed E-state index contributed by atoms with van der Waals surface area (Å²) in [5, 5.41) is 0. The highest BCUT2D eigenvalue weighted by Crippen LogP contribution is 2.18. The van der Waals surface area contributed by atoms with Crippen LogP contribution in [0.15, 0.2) is 29.1 Å². The zero-order valence-electron chi connectivity index (χ0n) is 15.6. The van der Waals surface area contributed by atoms with Crippen LogP contribution in [0.25, 0.3) is 11.0 Å². The molecule has 0 amide bonds. The van der Waals surface area contributed by atoms with Crippen LogP contribution >= 0.6 is 0 Å². The lowest BCUT2D eigenvalue weighted by atomic mass is 10.2. The lowest BCUT2D eigenvalue weighted by Gasteiger charge is -2.12. The molecule has 27 heavy (non-hydrogen) atoms. The standard InChI is InChI=1S/C20H24N2O5/c1-3-4-11-22-16-8-6-5-7-14(16)21-15(19(22)24)9-10-18(23)27-17-12-13(2)26-20(17)25/h5-8,13,17H,3-4,9-12H2,1-2H3/t13-,17+/m1/s1. The molecule has 2 heterocycles. The number of aromatic nitrogens is 2. The lowest BCUT2D eigenvalue weighted by Crippen LogP contribution is -2.27. The summed E-state index contributed by atoms with van der Waals surface area (Å²) in [5.41, 5.74) is 1.68. The minimum absolute atomic E-state index is 0.00742. The van der Waals surface area contributed by atoms with Gasteiger partial charge in [0.1, 0.15) is 11.8 Å². The Morgan fingerprint density at radius 3 is 2.81 bits per heavy atom. The van der Waals surface area contributed by atoms with Crippen molar-refractivity contribution in [1.82, 2.24) is 9.55 Å². The Morgan fingerprint density at radius 2 is 2.11 bits per heavy atom. The number of cyclic esters (lactones) is 1. The van der Waals surface area contributed by atoms with Gasteiger partial charge in [-0.05, 0) is 25.5 Å². The molecule has 7 heteroatoms. The van der Waals surface area contributed by atoms with E-state index in [1.807, 2.05) is 24.3 Å². The summed E-state index contributed by atoms with van der Waals surface area (Å²) < 4.78 is 11.9. The van der Waals surface area contributed by atoms with Gasteiger partial charge < -0.3 is 14.0 Å². The maximum atomic E-state index is 12.8. The van der Waals surface area contributed by atoms with Crippen LogP contribution < -0.4 is 5.56 Å². The molecule has 2 aromatic rings. The van der Waals surface area contributed by atoms with E-state index in [1.165, 1.54) is 0 Å². The number of hydrogen-bond donors (Lipinski definition) is 0. The molecule has 7 nitrogen and oxygen atoms in total. The van der Waals surface area contributed by atoms with Crippen LogP contribution in [-0.2, 0) is 32.0 Å². The number of esters is 2. The largest absolute Gasteiger partial charge is 0.460 e. The molecule has 1 aliphatic rings. The van der Waals surface area contributed by atoms with Gasteiger partial charge in [-0.15, -0.1) is 0 Å². The third-order valence-corrected chi connectivity index (χ3v) is 4.62. The summed E-state index contributed by atoms with van der Waals surface area (Å²) in [4.78, 5) is 40.9. The number of carbonyl (C=O) groups excluding carboxylic acids is 2. The Hall–Kier alpha value is -2.70. The molecule has 1 aliphatic heterocycles. The summed E-state index contributed by atoms with van der Waals surface area (Å²) in [7, 11) is 0. The molecule has 144 valence electrons. The van der Waals surface area contributed by atoms with E-state index in [1.54, 1.807) is 11.5 Å². The van der Waals surface area contributed by atoms with Crippen LogP contribution in [0.1, 0.15) is 45.2 Å². The molecule has 0 N–H and O–H groups in total. The average molecular weight is 372 g/mol. The first kappa shape index (κ1) is 19.1. The van der Waals surface area contributed by atoms with Crippen LogP contribution in [0.4, 0.5) is 0 Å². The molecule has 2 atom stereocenters. The highest BCUT2D eigenvalue weighted by atomic mass is 16.6. The van der Waals surface area contributed by atoms with Gasteiger partial charge in [0.25, 0.3) is 5.56 Å². The number of para-hydroxylation sites is 2. The Morgan fingerprint density at radius 1 is 1.33 bits per heavy atom. The van der Waals surface area contributed by atoms with Crippen LogP contribution in [0.5, 0.6) is 0 Å². The summed E-state index contributed by atoms with van der Waals surface area (Å²) in [6.07, 6.45) is 1.29. The van der Waals surface area contributed by atoms with Gasteiger partial charge in [-0.25, -0.2) is 9.78 Å². The molecule has 0 radical (unpaired) electrons. The Labute approximate surface area is 157 Å². The molecule has 0 unspecified atom stereocenters. The average Bonchev–Trinajstić information content (AvgIpc) is 2.96. The molecule has 1 fully saturated rings. The van der Waals surface area contributed by atoms with E-state index in [0.29, 0.717) is 18.7 Å². The van der Waals surface area contributed by atoms with Crippen LogP contribution in [0, 0.1) is 0 Å². The smallest absolute Gasteiger partial charge is 0.347 e. The normalized spacial score (nSPS) is 19.3. The molecule has 1 saturated heterocycles. The van der Waals surface area contributed by atoms with Crippen molar-refractivity contribution in [1.29, 1.82) is 0 Å². The van der Waals surface area contributed by atoms with Gasteiger partial charge in [0.15, 0.2) is 0 Å². The van der Waals surface area contributed by atoms with E-state index in [-0.39, 0.29) is 24.5 Å². The minimum atomic E-state index is -0.849. The van der Waals surface area contributed by atoms with E-state index >= 15 is 0 Å². The maximum Gasteiger partial charge on any atom is 0.347 e. The quantitative estimate of drug-likeness (QED) is 0.694. The number of aryl methyl sites for hydroxylation is 2. The molecule has 3 rings (SSSR count). The van der Waals surface area contributed by atoms with E-state index < -0.39 is 18.0 Å². The number of ether oxygens (including phenoxy) is 2. The fraction of sp³-hybridized carbons (Fsp3) is 0.500. The summed E-state index contributed by atoms with van der Waals surface area (Å²) in [6, 6.07) is 7.48. The van der Waals surface area contributed by atoms with Crippen LogP contribution in [0.3, 0.4) is 0 Å². The van der Waals surface area contributed by atoms with Gasteiger partial charge >= 0.3 is 11.9 Å². The van der Waals surface area contributed by atoms with Gasteiger partial charge in [0, 0.05) is 19.4 Å². The predicted molar refractivity (Wildman–Crippen MR) is 99.3 cm³/mol. The molecular formula is C20H24N2O5. The van der Waals surface area contributed by atoms with E-state index in [9.17, 15) is 14.4 Å². The van der Waals surface area contributed by atoms with Crippen LogP contribution in [0.2, 0.25) is 0 Å². The number of fused-ring (bicyclic) bond motifs is 1. The van der Waals surface area contributed by atoms with Crippen molar-refractivity contribution >= 4 is 23.0 Å². The highest BCUT2D eigenvalue weighted by Gasteiger charge is 2.34. The number of rotatable bonds is 7. The first-order chi connectivity index (χ1) is 13.0. The highest BCUT2D eigenvalue weighted by molar-refractivity contribution is 5.81. The molecule has 0 aliphatic carbocycles.